The minimum atomic E-state index is 0.387. The number of nitrogens with one attached hydrogen (secondary N) is 1. The summed E-state index contributed by atoms with van der Waals surface area (Å²) in [7, 11) is 0. The average Bonchev–Trinajstić information content (AvgIpc) is 2.97. The van der Waals surface area contributed by atoms with Gasteiger partial charge in [0.1, 0.15) is 0 Å². The molecular weight excluding hydrogens is 232 g/mol. The summed E-state index contributed by atoms with van der Waals surface area (Å²) in [5.41, 5.74) is 4.05. The smallest absolute Gasteiger partial charge is 0.0555 e. The van der Waals surface area contributed by atoms with Crippen LogP contribution in [-0.4, -0.2) is 4.98 Å². The number of benzene rings is 1. The Hall–Kier alpha value is -2.09. The number of rotatable bonds is 1. The first-order chi connectivity index (χ1) is 9.43. The third kappa shape index (κ3) is 1.67. The van der Waals surface area contributed by atoms with Crippen LogP contribution < -0.4 is 5.32 Å². The van der Waals surface area contributed by atoms with Gasteiger partial charge in [-0.25, -0.2) is 0 Å². The second-order valence-corrected chi connectivity index (χ2v) is 5.34. The second-order valence-electron chi connectivity index (χ2n) is 5.34. The molecule has 2 heteroatoms. The van der Waals surface area contributed by atoms with Gasteiger partial charge in [0, 0.05) is 24.0 Å². The molecule has 1 aromatic carbocycles. The third-order valence-corrected chi connectivity index (χ3v) is 4.34. The molecule has 2 heterocycles. The Morgan fingerprint density at radius 1 is 1.05 bits per heavy atom. The predicted octanol–water partition coefficient (Wildman–Crippen LogP) is 3.91. The van der Waals surface area contributed by atoms with Gasteiger partial charge in [-0.2, -0.15) is 0 Å². The molecule has 3 atom stereocenters. The highest BCUT2D eigenvalue weighted by atomic mass is 15.0. The Balaban J connectivity index is 1.80. The number of hydrogen-bond donors (Lipinski definition) is 1. The van der Waals surface area contributed by atoms with Crippen LogP contribution in [0, 0.1) is 5.92 Å². The van der Waals surface area contributed by atoms with Crippen molar-refractivity contribution in [2.45, 2.75) is 18.4 Å². The Morgan fingerprint density at radius 3 is 2.79 bits per heavy atom. The van der Waals surface area contributed by atoms with E-state index in [0.717, 1.165) is 6.42 Å². The van der Waals surface area contributed by atoms with Crippen molar-refractivity contribution in [3.05, 3.63) is 72.1 Å². The van der Waals surface area contributed by atoms with Gasteiger partial charge < -0.3 is 5.32 Å². The lowest BCUT2D eigenvalue weighted by Crippen LogP contribution is -2.28. The molecule has 1 aromatic heterocycles. The molecule has 19 heavy (non-hydrogen) atoms. The molecule has 2 aromatic rings. The van der Waals surface area contributed by atoms with Gasteiger partial charge in [0.05, 0.1) is 6.04 Å². The molecule has 0 saturated heterocycles. The number of allylic oxidation sites excluding steroid dienone is 2. The summed E-state index contributed by atoms with van der Waals surface area (Å²) in [5.74, 6) is 1.17. The van der Waals surface area contributed by atoms with E-state index in [-0.39, 0.29) is 0 Å². The number of fused-ring (bicyclic) bond motifs is 3. The van der Waals surface area contributed by atoms with E-state index in [1.54, 1.807) is 0 Å². The topological polar surface area (TPSA) is 24.9 Å². The number of anilines is 1. The van der Waals surface area contributed by atoms with E-state index in [4.69, 9.17) is 0 Å². The molecule has 2 nitrogen and oxygen atoms in total. The van der Waals surface area contributed by atoms with E-state index in [9.17, 15) is 0 Å². The highest BCUT2D eigenvalue weighted by molar-refractivity contribution is 5.59. The number of hydrogen-bond acceptors (Lipinski definition) is 2. The fraction of sp³-hybridized carbons (Fsp3) is 0.235. The molecule has 1 aliphatic heterocycles. The van der Waals surface area contributed by atoms with Gasteiger partial charge in [0.2, 0.25) is 0 Å². The number of aromatic nitrogens is 1. The highest BCUT2D eigenvalue weighted by Crippen LogP contribution is 2.49. The van der Waals surface area contributed by atoms with Gasteiger partial charge in [-0.1, -0.05) is 30.4 Å². The quantitative estimate of drug-likeness (QED) is 0.774. The highest BCUT2D eigenvalue weighted by Gasteiger charge is 2.37. The summed E-state index contributed by atoms with van der Waals surface area (Å²) in [6.45, 7) is 0. The Kier molecular flexibility index (Phi) is 2.41. The molecule has 2 aliphatic rings. The molecule has 4 rings (SSSR count). The molecule has 0 radical (unpaired) electrons. The van der Waals surface area contributed by atoms with Crippen LogP contribution >= 0.6 is 0 Å². The Morgan fingerprint density at radius 2 is 1.89 bits per heavy atom. The lowest BCUT2D eigenvalue weighted by atomic mass is 9.77. The molecule has 0 unspecified atom stereocenters. The summed E-state index contributed by atoms with van der Waals surface area (Å²) < 4.78 is 0. The van der Waals surface area contributed by atoms with Gasteiger partial charge in [-0.3, -0.25) is 4.98 Å². The first-order valence-electron chi connectivity index (χ1n) is 6.85. The third-order valence-electron chi connectivity index (χ3n) is 4.34. The maximum atomic E-state index is 4.13. The van der Waals surface area contributed by atoms with Gasteiger partial charge in [-0.05, 0) is 41.7 Å². The van der Waals surface area contributed by atoms with Crippen LogP contribution in [0.2, 0.25) is 0 Å². The molecule has 94 valence electrons. The van der Waals surface area contributed by atoms with Crippen LogP contribution in [0.1, 0.15) is 29.5 Å². The minimum absolute atomic E-state index is 0.387. The Bertz CT molecular complexity index is 618. The second kappa shape index (κ2) is 4.23. The molecule has 0 amide bonds. The number of pyridine rings is 1. The molecule has 1 N–H and O–H groups in total. The van der Waals surface area contributed by atoms with Crippen molar-refractivity contribution in [3.63, 3.8) is 0 Å². The fourth-order valence-corrected chi connectivity index (χ4v) is 3.44. The van der Waals surface area contributed by atoms with E-state index >= 15 is 0 Å². The molecular formula is C17H16N2. The maximum absolute atomic E-state index is 4.13. The summed E-state index contributed by atoms with van der Waals surface area (Å²) in [5, 5.41) is 3.72. The van der Waals surface area contributed by atoms with Crippen molar-refractivity contribution in [2.75, 3.05) is 5.32 Å². The minimum Gasteiger partial charge on any atom is -0.378 e. The molecule has 1 aliphatic carbocycles. The standard InChI is InChI=1S/C17H16N2/c1-2-7-16-14(4-1)13-5-3-6-15(13)17(19-16)12-8-10-18-11-9-12/h1-5,7-11,13,15,17,19H,6H2/t13-,15-,17+/m0/s1. The zero-order valence-corrected chi connectivity index (χ0v) is 10.7. The molecule has 0 saturated carbocycles. The lowest BCUT2D eigenvalue weighted by Gasteiger charge is -2.37. The molecule has 0 spiro atoms. The van der Waals surface area contributed by atoms with E-state index in [1.165, 1.54) is 16.8 Å². The van der Waals surface area contributed by atoms with Crippen molar-refractivity contribution in [1.82, 2.24) is 4.98 Å². The van der Waals surface area contributed by atoms with Crippen molar-refractivity contribution in [2.24, 2.45) is 5.92 Å². The van der Waals surface area contributed by atoms with Crippen LogP contribution in [0.5, 0.6) is 0 Å². The zero-order valence-electron chi connectivity index (χ0n) is 10.7. The molecule has 0 fully saturated rings. The van der Waals surface area contributed by atoms with Crippen LogP contribution in [0.25, 0.3) is 0 Å². The number of para-hydroxylation sites is 1. The van der Waals surface area contributed by atoms with E-state index in [2.05, 4.69) is 58.9 Å². The van der Waals surface area contributed by atoms with Crippen LogP contribution in [0.3, 0.4) is 0 Å². The molecule has 0 bridgehead atoms. The van der Waals surface area contributed by atoms with Gasteiger partial charge in [0.25, 0.3) is 0 Å². The Labute approximate surface area is 113 Å². The fourth-order valence-electron chi connectivity index (χ4n) is 3.44. The van der Waals surface area contributed by atoms with Crippen molar-refractivity contribution in [3.8, 4) is 0 Å². The lowest BCUT2D eigenvalue weighted by molar-refractivity contribution is 0.425. The summed E-state index contributed by atoms with van der Waals surface area (Å²) in [6.07, 6.45) is 9.62. The van der Waals surface area contributed by atoms with Crippen molar-refractivity contribution >= 4 is 5.69 Å². The SMILES string of the molecule is C1=C[C@H]2c3ccccc3N[C@H](c3ccncc3)[C@H]2C1. The summed E-state index contributed by atoms with van der Waals surface area (Å²) in [4.78, 5) is 4.13. The summed E-state index contributed by atoms with van der Waals surface area (Å²) in [6, 6.07) is 13.3. The van der Waals surface area contributed by atoms with Gasteiger partial charge in [0.15, 0.2) is 0 Å². The van der Waals surface area contributed by atoms with Gasteiger partial charge >= 0.3 is 0 Å². The van der Waals surface area contributed by atoms with Crippen LogP contribution in [0.15, 0.2) is 60.9 Å². The first-order valence-corrected chi connectivity index (χ1v) is 6.85. The normalized spacial score (nSPS) is 27.5. The average molecular weight is 248 g/mol. The summed E-state index contributed by atoms with van der Waals surface area (Å²) >= 11 is 0. The monoisotopic (exact) mass is 248 g/mol. The first kappa shape index (κ1) is 10.8. The van der Waals surface area contributed by atoms with E-state index in [0.29, 0.717) is 17.9 Å². The van der Waals surface area contributed by atoms with Crippen molar-refractivity contribution in [1.29, 1.82) is 0 Å². The zero-order chi connectivity index (χ0) is 12.7. The largest absolute Gasteiger partial charge is 0.378 e. The van der Waals surface area contributed by atoms with E-state index in [1.807, 2.05) is 12.4 Å². The van der Waals surface area contributed by atoms with Gasteiger partial charge in [-0.15, -0.1) is 0 Å². The maximum Gasteiger partial charge on any atom is 0.0555 e. The number of nitrogens with zero attached hydrogens (tertiary/aromatic N) is 1. The van der Waals surface area contributed by atoms with Crippen molar-refractivity contribution < 1.29 is 0 Å². The van der Waals surface area contributed by atoms with E-state index < -0.39 is 0 Å². The van der Waals surface area contributed by atoms with Crippen LogP contribution in [0.4, 0.5) is 5.69 Å². The predicted molar refractivity (Wildman–Crippen MR) is 77.0 cm³/mol. The van der Waals surface area contributed by atoms with Crippen LogP contribution in [-0.2, 0) is 0 Å².